The van der Waals surface area contributed by atoms with Crippen LogP contribution in [0.15, 0.2) is 61.4 Å². The van der Waals surface area contributed by atoms with E-state index < -0.39 is 12.5 Å². The van der Waals surface area contributed by atoms with Crippen LogP contribution < -0.4 is 20.3 Å². The number of carbonyl (C=O) groups is 1. The monoisotopic (exact) mass is 550 g/mol. The van der Waals surface area contributed by atoms with Gasteiger partial charge < -0.3 is 25.2 Å². The zero-order valence-corrected chi connectivity index (χ0v) is 22.9. The van der Waals surface area contributed by atoms with Crippen molar-refractivity contribution in [1.82, 2.24) is 24.6 Å². The summed E-state index contributed by atoms with van der Waals surface area (Å²) in [4.78, 5) is 25.1. The maximum atomic E-state index is 13.5. The molecule has 0 radical (unpaired) electrons. The van der Waals surface area contributed by atoms with Crippen LogP contribution in [0.5, 0.6) is 5.75 Å². The van der Waals surface area contributed by atoms with Gasteiger partial charge in [-0.3, -0.25) is 9.48 Å². The van der Waals surface area contributed by atoms with Crippen LogP contribution in [-0.4, -0.2) is 70.9 Å². The summed E-state index contributed by atoms with van der Waals surface area (Å²) in [5, 5.41) is 11.0. The Morgan fingerprint density at radius 2 is 1.98 bits per heavy atom. The zero-order valence-electron chi connectivity index (χ0n) is 22.9. The Balaban J connectivity index is 1.70. The highest BCUT2D eigenvalue weighted by Gasteiger charge is 2.19. The Morgan fingerprint density at radius 1 is 1.18 bits per heavy atom. The van der Waals surface area contributed by atoms with Crippen LogP contribution in [0.25, 0.3) is 22.2 Å². The van der Waals surface area contributed by atoms with E-state index in [1.807, 2.05) is 51.2 Å². The molecule has 0 aliphatic carbocycles. The number of alkyl halides is 2. The van der Waals surface area contributed by atoms with E-state index in [9.17, 15) is 13.6 Å². The molecule has 40 heavy (non-hydrogen) atoms. The molecule has 0 aliphatic heterocycles. The average molecular weight is 551 g/mol. The van der Waals surface area contributed by atoms with Crippen molar-refractivity contribution in [2.24, 2.45) is 7.05 Å². The molecule has 210 valence electrons. The zero-order chi connectivity index (χ0) is 28.8. The van der Waals surface area contributed by atoms with Gasteiger partial charge in [0.25, 0.3) is 0 Å². The lowest BCUT2D eigenvalue weighted by Gasteiger charge is -2.26. The van der Waals surface area contributed by atoms with Gasteiger partial charge >= 0.3 is 6.61 Å². The van der Waals surface area contributed by atoms with Gasteiger partial charge in [0, 0.05) is 50.4 Å². The Bertz CT molecular complexity index is 1510. The molecule has 2 aromatic heterocycles. The van der Waals surface area contributed by atoms with Crippen molar-refractivity contribution in [3.05, 3.63) is 61.4 Å². The van der Waals surface area contributed by atoms with Gasteiger partial charge in [-0.15, -0.1) is 0 Å². The van der Waals surface area contributed by atoms with Crippen molar-refractivity contribution in [3.8, 4) is 17.0 Å². The summed E-state index contributed by atoms with van der Waals surface area (Å²) in [6, 6.07) is 10.6. The van der Waals surface area contributed by atoms with Crippen LogP contribution in [0.3, 0.4) is 0 Å². The normalized spacial score (nSPS) is 11.2. The highest BCUT2D eigenvalue weighted by atomic mass is 19.3. The number of carbonyl (C=O) groups excluding carboxylic acids is 1. The number of fused-ring (bicyclic) bond motifs is 1. The fraction of sp³-hybridized carbons (Fsp3) is 0.286. The number of halogens is 2. The maximum Gasteiger partial charge on any atom is 0.387 e. The molecule has 2 N–H and O–H groups in total. The number of nitrogens with zero attached hydrogens (tertiary/aromatic N) is 6. The van der Waals surface area contributed by atoms with Crippen LogP contribution in [-0.2, 0) is 11.8 Å². The molecule has 0 fully saturated rings. The fourth-order valence-electron chi connectivity index (χ4n) is 4.08. The first-order valence-electron chi connectivity index (χ1n) is 12.7. The van der Waals surface area contributed by atoms with Crippen LogP contribution in [0.4, 0.5) is 31.8 Å². The van der Waals surface area contributed by atoms with E-state index >= 15 is 0 Å². The SMILES string of the molecule is C=CC(=O)Nc1cc(Nc2nccc(-c3ccc4c(cnn4C)c3)n2)c(OC(F)F)cc1N(C)CCN(C)CC. The van der Waals surface area contributed by atoms with Crippen molar-refractivity contribution < 1.29 is 18.3 Å². The number of rotatable bonds is 12. The van der Waals surface area contributed by atoms with Gasteiger partial charge in [-0.2, -0.15) is 13.9 Å². The Labute approximate surface area is 231 Å². The average Bonchev–Trinajstić information content (AvgIpc) is 3.32. The van der Waals surface area contributed by atoms with Crippen molar-refractivity contribution in [1.29, 1.82) is 0 Å². The van der Waals surface area contributed by atoms with Crippen LogP contribution in [0, 0.1) is 0 Å². The highest BCUT2D eigenvalue weighted by Crippen LogP contribution is 2.39. The molecule has 0 saturated heterocycles. The molecule has 10 nitrogen and oxygen atoms in total. The van der Waals surface area contributed by atoms with E-state index in [0.717, 1.165) is 35.6 Å². The van der Waals surface area contributed by atoms with Gasteiger partial charge in [-0.1, -0.05) is 19.6 Å². The number of hydrogen-bond donors (Lipinski definition) is 2. The van der Waals surface area contributed by atoms with E-state index in [-0.39, 0.29) is 17.4 Å². The second-order valence-electron chi connectivity index (χ2n) is 9.19. The first kappa shape index (κ1) is 28.4. The predicted molar refractivity (Wildman–Crippen MR) is 153 cm³/mol. The summed E-state index contributed by atoms with van der Waals surface area (Å²) < 4.78 is 33.6. The van der Waals surface area contributed by atoms with E-state index in [4.69, 9.17) is 4.74 Å². The smallest absolute Gasteiger partial charge is 0.387 e. The molecule has 0 unspecified atom stereocenters. The third kappa shape index (κ3) is 6.70. The minimum atomic E-state index is -3.07. The Hall–Kier alpha value is -4.58. The second-order valence-corrected chi connectivity index (χ2v) is 9.19. The highest BCUT2D eigenvalue weighted by molar-refractivity contribution is 6.02. The molecule has 1 amide bonds. The van der Waals surface area contributed by atoms with E-state index in [1.165, 1.54) is 12.1 Å². The topological polar surface area (TPSA) is 100 Å². The minimum Gasteiger partial charge on any atom is -0.433 e. The molecule has 0 saturated carbocycles. The first-order chi connectivity index (χ1) is 19.2. The van der Waals surface area contributed by atoms with Crippen LogP contribution >= 0.6 is 0 Å². The van der Waals surface area contributed by atoms with E-state index in [0.29, 0.717) is 23.6 Å². The van der Waals surface area contributed by atoms with Crippen molar-refractivity contribution >= 4 is 39.8 Å². The van der Waals surface area contributed by atoms with Gasteiger partial charge in [0.2, 0.25) is 11.9 Å². The molecule has 0 atom stereocenters. The van der Waals surface area contributed by atoms with E-state index in [1.54, 1.807) is 23.1 Å². The third-order valence-electron chi connectivity index (χ3n) is 6.47. The predicted octanol–water partition coefficient (Wildman–Crippen LogP) is 4.89. The van der Waals surface area contributed by atoms with E-state index in [2.05, 4.69) is 37.2 Å². The molecule has 2 heterocycles. The number of nitrogens with one attached hydrogen (secondary N) is 2. The number of likely N-dealkylation sites (N-methyl/N-ethyl adjacent to an activating group) is 2. The van der Waals surface area contributed by atoms with Crippen LogP contribution in [0.2, 0.25) is 0 Å². The van der Waals surface area contributed by atoms with Crippen LogP contribution in [0.1, 0.15) is 6.92 Å². The standard InChI is InChI=1S/C28H32F2N8O2/c1-6-26(39)33-21-15-22(25(40-27(29)30)16-24(21)37(4)13-12-36(3)7-2)35-28-31-11-10-20(34-28)18-8-9-23-19(14-18)17-32-38(23)5/h6,8-11,14-17,27H,1,7,12-13H2,2-5H3,(H,33,39)(H,31,34,35). The lowest BCUT2D eigenvalue weighted by molar-refractivity contribution is -0.111. The quantitative estimate of drug-likeness (QED) is 0.241. The summed E-state index contributed by atoms with van der Waals surface area (Å²) in [6.07, 6.45) is 4.47. The molecule has 4 aromatic rings. The summed E-state index contributed by atoms with van der Waals surface area (Å²) >= 11 is 0. The summed E-state index contributed by atoms with van der Waals surface area (Å²) in [5.41, 5.74) is 3.47. The third-order valence-corrected chi connectivity index (χ3v) is 6.47. The summed E-state index contributed by atoms with van der Waals surface area (Å²) in [5.74, 6) is -0.407. The number of hydrogen-bond acceptors (Lipinski definition) is 8. The molecule has 2 aromatic carbocycles. The molecule has 0 spiro atoms. The number of amides is 1. The molecular formula is C28H32F2N8O2. The second kappa shape index (κ2) is 12.5. The van der Waals surface area contributed by atoms with Gasteiger partial charge in [0.05, 0.1) is 34.5 Å². The molecule has 4 rings (SSSR count). The maximum absolute atomic E-state index is 13.5. The summed E-state index contributed by atoms with van der Waals surface area (Å²) in [7, 11) is 5.66. The van der Waals surface area contributed by atoms with Crippen molar-refractivity contribution in [3.63, 3.8) is 0 Å². The molecule has 0 aliphatic rings. The van der Waals surface area contributed by atoms with Gasteiger partial charge in [0.1, 0.15) is 0 Å². The first-order valence-corrected chi connectivity index (χ1v) is 12.7. The number of aryl methyl sites for hydroxylation is 1. The lowest BCUT2D eigenvalue weighted by atomic mass is 10.1. The summed E-state index contributed by atoms with van der Waals surface area (Å²) in [6.45, 7) is 4.63. The van der Waals surface area contributed by atoms with Gasteiger partial charge in [-0.25, -0.2) is 9.97 Å². The van der Waals surface area contributed by atoms with Gasteiger partial charge in [-0.05, 0) is 43.9 Å². The van der Waals surface area contributed by atoms with Gasteiger partial charge in [0.15, 0.2) is 5.75 Å². The largest absolute Gasteiger partial charge is 0.433 e. The number of ether oxygens (including phenoxy) is 1. The number of anilines is 4. The number of benzene rings is 2. The number of aromatic nitrogens is 4. The minimum absolute atomic E-state index is 0.122. The Kier molecular flexibility index (Phi) is 8.90. The molecule has 0 bridgehead atoms. The lowest BCUT2D eigenvalue weighted by Crippen LogP contribution is -2.31. The molecule has 12 heteroatoms. The van der Waals surface area contributed by atoms with Crippen molar-refractivity contribution in [2.75, 3.05) is 49.3 Å². The fourth-order valence-corrected chi connectivity index (χ4v) is 4.08. The molecular weight excluding hydrogens is 518 g/mol. The Morgan fingerprint density at radius 3 is 2.70 bits per heavy atom. The van der Waals surface area contributed by atoms with Crippen molar-refractivity contribution in [2.45, 2.75) is 13.5 Å².